The highest BCUT2D eigenvalue weighted by Gasteiger charge is 2.49. The second-order valence-corrected chi connectivity index (χ2v) is 18.6. The van der Waals surface area contributed by atoms with E-state index in [2.05, 4.69) is 255 Å². The molecule has 0 bridgehead atoms. The maximum atomic E-state index is 2.45. The number of rotatable bonds is 7. The Hall–Kier alpha value is -7.39. The van der Waals surface area contributed by atoms with Gasteiger partial charge >= 0.3 is 0 Å². The van der Waals surface area contributed by atoms with E-state index in [1.54, 1.807) is 0 Å². The lowest BCUT2D eigenvalue weighted by Crippen LogP contribution is -2.29. The topological polar surface area (TPSA) is 3.24 Å². The van der Waals surface area contributed by atoms with Gasteiger partial charge in [0, 0.05) is 37.5 Å². The molecule has 0 saturated carbocycles. The number of nitrogens with zero attached hydrogens (tertiary/aromatic N) is 1. The Morgan fingerprint density at radius 3 is 1.56 bits per heavy atom. The Morgan fingerprint density at radius 1 is 0.359 bits per heavy atom. The summed E-state index contributed by atoms with van der Waals surface area (Å²) in [6.07, 6.45) is 0. The zero-order chi connectivity index (χ0) is 42.8. The zero-order valence-electron chi connectivity index (χ0n) is 35.9. The van der Waals surface area contributed by atoms with Crippen LogP contribution in [0.15, 0.2) is 246 Å². The summed E-state index contributed by atoms with van der Waals surface area (Å²) < 4.78 is 0. The van der Waals surface area contributed by atoms with Crippen LogP contribution in [0.3, 0.4) is 0 Å². The Balaban J connectivity index is 0.993. The van der Waals surface area contributed by atoms with Crippen molar-refractivity contribution < 1.29 is 0 Å². The molecule has 0 saturated heterocycles. The van der Waals surface area contributed by atoms with Crippen LogP contribution in [0.5, 0.6) is 0 Å². The minimum Gasteiger partial charge on any atom is -0.310 e. The lowest BCUT2D eigenvalue weighted by molar-refractivity contribution is 0.607. The predicted octanol–water partition coefficient (Wildman–Crippen LogP) is 16.8. The van der Waals surface area contributed by atoms with Crippen molar-refractivity contribution in [2.75, 3.05) is 4.90 Å². The van der Waals surface area contributed by atoms with Gasteiger partial charge in [-0.05, 0) is 96.9 Å². The molecule has 1 aliphatic carbocycles. The minimum absolute atomic E-state index is 0.225. The largest absolute Gasteiger partial charge is 0.310 e. The van der Waals surface area contributed by atoms with E-state index in [-0.39, 0.29) is 5.41 Å². The summed E-state index contributed by atoms with van der Waals surface area (Å²) in [7, 11) is 0. The second kappa shape index (κ2) is 15.2. The van der Waals surface area contributed by atoms with Gasteiger partial charge in [-0.3, -0.25) is 0 Å². The summed E-state index contributed by atoms with van der Waals surface area (Å²) in [6.45, 7) is 4.83. The van der Waals surface area contributed by atoms with Gasteiger partial charge in [-0.1, -0.05) is 232 Å². The standard InChI is InChI=1S/C62H45NS/c1-61(2)55-30-17-28-51(45-34-38-49(39-35-45)63(57-31-16-21-44-20-12-13-26-50(44)57)48-36-32-43(33-37-48)42-18-6-3-7-19-42)59(55)64-60-56(61)41-40-54-58(60)52-27-14-15-29-53(52)62(54,46-22-8-4-9-23-46)47-24-10-5-11-25-47/h3-41H,1-2H3. The van der Waals surface area contributed by atoms with Crippen LogP contribution in [0.2, 0.25) is 0 Å². The van der Waals surface area contributed by atoms with E-state index in [4.69, 9.17) is 0 Å². The maximum Gasteiger partial charge on any atom is 0.0713 e. The van der Waals surface area contributed by atoms with Gasteiger partial charge < -0.3 is 4.90 Å². The third-order valence-corrected chi connectivity index (χ3v) is 15.1. The van der Waals surface area contributed by atoms with Gasteiger partial charge in [0.25, 0.3) is 0 Å². The third-order valence-electron chi connectivity index (χ3n) is 13.8. The Kier molecular flexibility index (Phi) is 9.07. The average Bonchev–Trinajstić information content (AvgIpc) is 3.67. The number of fused-ring (bicyclic) bond motifs is 7. The number of hydrogen-bond donors (Lipinski definition) is 0. The van der Waals surface area contributed by atoms with Gasteiger partial charge in [0.1, 0.15) is 0 Å². The van der Waals surface area contributed by atoms with E-state index in [0.29, 0.717) is 0 Å². The van der Waals surface area contributed by atoms with E-state index >= 15 is 0 Å². The lowest BCUT2D eigenvalue weighted by Gasteiger charge is -2.38. The van der Waals surface area contributed by atoms with Gasteiger partial charge in [0.05, 0.1) is 11.1 Å². The molecule has 1 nitrogen and oxygen atoms in total. The average molecular weight is 836 g/mol. The normalized spacial score (nSPS) is 14.0. The maximum absolute atomic E-state index is 2.45. The van der Waals surface area contributed by atoms with E-state index in [9.17, 15) is 0 Å². The van der Waals surface area contributed by atoms with Crippen molar-refractivity contribution in [3.63, 3.8) is 0 Å². The second-order valence-electron chi connectivity index (χ2n) is 17.6. The molecule has 2 heteroatoms. The van der Waals surface area contributed by atoms with Crippen molar-refractivity contribution in [1.29, 1.82) is 0 Å². The van der Waals surface area contributed by atoms with Crippen LogP contribution in [-0.4, -0.2) is 0 Å². The van der Waals surface area contributed by atoms with E-state index < -0.39 is 5.41 Å². The van der Waals surface area contributed by atoms with Crippen LogP contribution in [0.25, 0.3) is 44.2 Å². The van der Waals surface area contributed by atoms with E-state index in [0.717, 1.165) is 17.1 Å². The lowest BCUT2D eigenvalue weighted by atomic mass is 9.67. The van der Waals surface area contributed by atoms with Gasteiger partial charge in [-0.25, -0.2) is 0 Å². The molecule has 64 heavy (non-hydrogen) atoms. The van der Waals surface area contributed by atoms with Crippen LogP contribution in [-0.2, 0) is 10.8 Å². The first kappa shape index (κ1) is 38.3. The van der Waals surface area contributed by atoms with Crippen LogP contribution >= 0.6 is 11.8 Å². The summed E-state index contributed by atoms with van der Waals surface area (Å²) in [6, 6.07) is 87.4. The van der Waals surface area contributed by atoms with Gasteiger partial charge in [0.15, 0.2) is 0 Å². The van der Waals surface area contributed by atoms with Crippen molar-refractivity contribution >= 4 is 39.6 Å². The van der Waals surface area contributed by atoms with Gasteiger partial charge in [0.2, 0.25) is 0 Å². The minimum atomic E-state index is -0.443. The molecule has 0 aromatic heterocycles. The van der Waals surface area contributed by atoms with Gasteiger partial charge in [-0.2, -0.15) is 0 Å². The van der Waals surface area contributed by atoms with Crippen molar-refractivity contribution in [2.45, 2.75) is 34.5 Å². The quantitative estimate of drug-likeness (QED) is 0.157. The molecule has 0 atom stereocenters. The first-order chi connectivity index (χ1) is 31.5. The molecule has 10 aromatic rings. The van der Waals surface area contributed by atoms with E-state index in [1.807, 2.05) is 11.8 Å². The van der Waals surface area contributed by atoms with Gasteiger partial charge in [-0.15, -0.1) is 0 Å². The summed E-state index contributed by atoms with van der Waals surface area (Å²) in [4.78, 5) is 5.10. The first-order valence-corrected chi connectivity index (χ1v) is 23.1. The Morgan fingerprint density at radius 2 is 0.859 bits per heavy atom. The molecule has 12 rings (SSSR count). The fourth-order valence-corrected chi connectivity index (χ4v) is 12.5. The van der Waals surface area contributed by atoms with Crippen LogP contribution in [0.4, 0.5) is 17.1 Å². The third kappa shape index (κ3) is 5.86. The number of hydrogen-bond acceptors (Lipinski definition) is 2. The highest BCUT2D eigenvalue weighted by atomic mass is 32.2. The predicted molar refractivity (Wildman–Crippen MR) is 269 cm³/mol. The molecule has 0 radical (unpaired) electrons. The van der Waals surface area contributed by atoms with Crippen molar-refractivity contribution in [2.24, 2.45) is 0 Å². The van der Waals surface area contributed by atoms with Crippen LogP contribution in [0, 0.1) is 0 Å². The molecule has 0 unspecified atom stereocenters. The smallest absolute Gasteiger partial charge is 0.0713 e. The highest BCUT2D eigenvalue weighted by molar-refractivity contribution is 7.99. The fourth-order valence-electron chi connectivity index (χ4n) is 10.8. The molecular weight excluding hydrogens is 791 g/mol. The molecule has 10 aromatic carbocycles. The highest BCUT2D eigenvalue weighted by Crippen LogP contribution is 2.63. The fraction of sp³-hybridized carbons (Fsp3) is 0.0645. The molecule has 0 spiro atoms. The monoisotopic (exact) mass is 835 g/mol. The molecule has 2 aliphatic rings. The van der Waals surface area contributed by atoms with Crippen LogP contribution < -0.4 is 4.90 Å². The van der Waals surface area contributed by atoms with Crippen LogP contribution in [0.1, 0.15) is 47.2 Å². The molecule has 0 N–H and O–H groups in total. The Labute approximate surface area is 380 Å². The van der Waals surface area contributed by atoms with Crippen molar-refractivity contribution in [3.8, 4) is 33.4 Å². The zero-order valence-corrected chi connectivity index (χ0v) is 36.7. The summed E-state index contributed by atoms with van der Waals surface area (Å²) >= 11 is 1.96. The van der Waals surface area contributed by atoms with Crippen molar-refractivity contribution in [3.05, 3.63) is 270 Å². The Bertz CT molecular complexity index is 3310. The molecule has 1 aliphatic heterocycles. The summed E-state index contributed by atoms with van der Waals surface area (Å²) in [5, 5.41) is 2.44. The molecule has 1 heterocycles. The number of anilines is 3. The SMILES string of the molecule is CC1(C)c2cccc(-c3ccc(N(c4ccc(-c5ccccc5)cc4)c4cccc5ccccc45)cc3)c2Sc2c1ccc1c2-c2ccccc2C1(c1ccccc1)c1ccccc1. The number of benzene rings is 10. The van der Waals surface area contributed by atoms with E-state index in [1.165, 1.54) is 87.3 Å². The van der Waals surface area contributed by atoms with Crippen molar-refractivity contribution in [1.82, 2.24) is 0 Å². The molecule has 0 fully saturated rings. The molecule has 0 amide bonds. The summed E-state index contributed by atoms with van der Waals surface area (Å²) in [5.41, 5.74) is 18.3. The first-order valence-electron chi connectivity index (χ1n) is 22.3. The molecular formula is C62H45NS. The molecule has 304 valence electrons. The summed E-state index contributed by atoms with van der Waals surface area (Å²) in [5.74, 6) is 0.